The average Bonchev–Trinajstić information content (AvgIpc) is 2.88. The van der Waals surface area contributed by atoms with E-state index >= 15 is 0 Å². The van der Waals surface area contributed by atoms with Gasteiger partial charge in [-0.3, -0.25) is 9.59 Å². The van der Waals surface area contributed by atoms with Gasteiger partial charge in [-0.15, -0.1) is 0 Å². The van der Waals surface area contributed by atoms with Crippen molar-refractivity contribution in [3.63, 3.8) is 0 Å². The number of hydrazone groups is 1. The number of esters is 1. The molecule has 0 radical (unpaired) electrons. The first-order chi connectivity index (χ1) is 17.4. The number of ether oxygens (including phenoxy) is 1. The number of carbonyl (C=O) groups excluding carboxylic acids is 3. The van der Waals surface area contributed by atoms with E-state index in [0.717, 1.165) is 21.9 Å². The van der Waals surface area contributed by atoms with Crippen LogP contribution in [0.15, 0.2) is 90.0 Å². The van der Waals surface area contributed by atoms with E-state index in [0.29, 0.717) is 22.4 Å². The van der Waals surface area contributed by atoms with Crippen LogP contribution in [0.5, 0.6) is 5.75 Å². The van der Waals surface area contributed by atoms with Crippen molar-refractivity contribution in [3.8, 4) is 5.75 Å². The Hall–Kier alpha value is -4.78. The van der Waals surface area contributed by atoms with Crippen LogP contribution in [-0.2, 0) is 4.79 Å². The van der Waals surface area contributed by atoms with Crippen molar-refractivity contribution in [2.24, 2.45) is 5.10 Å². The number of amides is 2. The molecule has 0 aliphatic heterocycles. The Balaban J connectivity index is 1.47. The third kappa shape index (κ3) is 6.01. The first kappa shape index (κ1) is 24.3. The lowest BCUT2D eigenvalue weighted by Gasteiger charge is -2.11. The molecule has 0 saturated heterocycles. The van der Waals surface area contributed by atoms with Crippen LogP contribution in [-0.4, -0.2) is 30.5 Å². The quantitative estimate of drug-likeness (QED) is 0.176. The minimum absolute atomic E-state index is 0.241. The Kier molecular flexibility index (Phi) is 7.51. The second kappa shape index (κ2) is 11.1. The molecule has 2 amide bonds. The van der Waals surface area contributed by atoms with E-state index < -0.39 is 11.9 Å². The van der Waals surface area contributed by atoms with Gasteiger partial charge in [-0.1, -0.05) is 65.7 Å². The molecular weight excluding hydrogens is 454 g/mol. The normalized spacial score (nSPS) is 10.8. The summed E-state index contributed by atoms with van der Waals surface area (Å²) in [4.78, 5) is 37.2. The summed E-state index contributed by atoms with van der Waals surface area (Å²) < 4.78 is 5.69. The van der Waals surface area contributed by atoms with Crippen LogP contribution >= 0.6 is 0 Å². The minimum Gasteiger partial charge on any atom is -0.422 e. The summed E-state index contributed by atoms with van der Waals surface area (Å²) in [6.45, 7) is 3.59. The fourth-order valence-electron chi connectivity index (χ4n) is 3.60. The van der Waals surface area contributed by atoms with Crippen LogP contribution < -0.4 is 15.5 Å². The smallest absolute Gasteiger partial charge is 0.343 e. The predicted octanol–water partition coefficient (Wildman–Crippen LogP) is 4.56. The van der Waals surface area contributed by atoms with E-state index in [1.807, 2.05) is 62.4 Å². The van der Waals surface area contributed by atoms with Crippen molar-refractivity contribution in [1.29, 1.82) is 0 Å². The molecule has 7 nitrogen and oxygen atoms in total. The Morgan fingerprint density at radius 3 is 2.39 bits per heavy atom. The molecule has 4 aromatic carbocycles. The molecule has 0 saturated carbocycles. The molecule has 36 heavy (non-hydrogen) atoms. The van der Waals surface area contributed by atoms with Crippen molar-refractivity contribution in [3.05, 3.63) is 113 Å². The molecule has 0 spiro atoms. The third-order valence-electron chi connectivity index (χ3n) is 5.49. The lowest BCUT2D eigenvalue weighted by atomic mass is 10.0. The summed E-state index contributed by atoms with van der Waals surface area (Å²) in [5.41, 5.74) is 5.83. The van der Waals surface area contributed by atoms with Gasteiger partial charge in [0.2, 0.25) is 0 Å². The zero-order valence-electron chi connectivity index (χ0n) is 19.9. The maximum Gasteiger partial charge on any atom is 0.343 e. The van der Waals surface area contributed by atoms with E-state index in [1.165, 1.54) is 6.21 Å². The summed E-state index contributed by atoms with van der Waals surface area (Å²) >= 11 is 0. The van der Waals surface area contributed by atoms with Crippen LogP contribution in [0.3, 0.4) is 0 Å². The maximum absolute atomic E-state index is 12.7. The van der Waals surface area contributed by atoms with Crippen LogP contribution in [0.1, 0.15) is 37.4 Å². The van der Waals surface area contributed by atoms with Crippen molar-refractivity contribution >= 4 is 34.8 Å². The van der Waals surface area contributed by atoms with Crippen molar-refractivity contribution in [1.82, 2.24) is 10.7 Å². The summed E-state index contributed by atoms with van der Waals surface area (Å²) in [5.74, 6) is -1.03. The number of hydrogen-bond acceptors (Lipinski definition) is 5. The van der Waals surface area contributed by atoms with Crippen LogP contribution in [0, 0.1) is 13.8 Å². The van der Waals surface area contributed by atoms with Crippen LogP contribution in [0.4, 0.5) is 0 Å². The second-order valence-corrected chi connectivity index (χ2v) is 8.30. The van der Waals surface area contributed by atoms with Crippen molar-refractivity contribution in [2.45, 2.75) is 13.8 Å². The lowest BCUT2D eigenvalue weighted by molar-refractivity contribution is -0.120. The van der Waals surface area contributed by atoms with Crippen molar-refractivity contribution in [2.75, 3.05) is 6.54 Å². The van der Waals surface area contributed by atoms with Gasteiger partial charge in [-0.25, -0.2) is 10.2 Å². The number of rotatable bonds is 7. The van der Waals surface area contributed by atoms with Crippen molar-refractivity contribution < 1.29 is 19.1 Å². The number of fused-ring (bicyclic) bond motifs is 1. The van der Waals surface area contributed by atoms with Gasteiger partial charge >= 0.3 is 5.97 Å². The molecule has 0 unspecified atom stereocenters. The fraction of sp³-hybridized carbons (Fsp3) is 0.103. The third-order valence-corrected chi connectivity index (χ3v) is 5.49. The molecule has 0 aromatic heterocycles. The monoisotopic (exact) mass is 479 g/mol. The predicted molar refractivity (Wildman–Crippen MR) is 139 cm³/mol. The van der Waals surface area contributed by atoms with Gasteiger partial charge in [0.15, 0.2) is 0 Å². The Bertz CT molecular complexity index is 1460. The Morgan fingerprint density at radius 1 is 0.833 bits per heavy atom. The number of carbonyl (C=O) groups is 3. The number of hydrogen-bond donors (Lipinski definition) is 2. The molecule has 0 heterocycles. The number of aryl methyl sites for hydroxylation is 2. The highest BCUT2D eigenvalue weighted by atomic mass is 16.5. The SMILES string of the molecule is Cc1ccc(C(=O)NCC(=O)N/N=C\c2c(OC(=O)c3cccc(C)c3)ccc3ccccc23)cc1. The number of benzene rings is 4. The first-order valence-corrected chi connectivity index (χ1v) is 11.4. The first-order valence-electron chi connectivity index (χ1n) is 11.4. The van der Waals surface area contributed by atoms with Gasteiger partial charge in [0.25, 0.3) is 11.8 Å². The molecule has 0 fully saturated rings. The molecule has 0 bridgehead atoms. The largest absolute Gasteiger partial charge is 0.422 e. The summed E-state index contributed by atoms with van der Waals surface area (Å²) in [6.07, 6.45) is 1.43. The topological polar surface area (TPSA) is 96.9 Å². The van der Waals surface area contributed by atoms with Gasteiger partial charge in [-0.05, 0) is 55.0 Å². The number of nitrogens with zero attached hydrogens (tertiary/aromatic N) is 1. The van der Waals surface area contributed by atoms with E-state index in [4.69, 9.17) is 4.74 Å². The molecule has 4 aromatic rings. The molecule has 0 aliphatic carbocycles. The van der Waals surface area contributed by atoms with Gasteiger partial charge in [-0.2, -0.15) is 5.10 Å². The van der Waals surface area contributed by atoms with Gasteiger partial charge < -0.3 is 10.1 Å². The Morgan fingerprint density at radius 2 is 1.61 bits per heavy atom. The molecule has 0 aliphatic rings. The summed E-state index contributed by atoms with van der Waals surface area (Å²) in [5, 5.41) is 8.33. The van der Waals surface area contributed by atoms with E-state index in [1.54, 1.807) is 36.4 Å². The zero-order valence-corrected chi connectivity index (χ0v) is 19.9. The summed E-state index contributed by atoms with van der Waals surface area (Å²) in [7, 11) is 0. The van der Waals surface area contributed by atoms with E-state index in [-0.39, 0.29) is 12.5 Å². The Labute approximate surface area is 208 Å². The molecular formula is C29H25N3O4. The van der Waals surface area contributed by atoms with Gasteiger partial charge in [0, 0.05) is 11.1 Å². The maximum atomic E-state index is 12.7. The highest BCUT2D eigenvalue weighted by Crippen LogP contribution is 2.27. The molecule has 0 atom stereocenters. The molecule has 7 heteroatoms. The number of nitrogens with one attached hydrogen (secondary N) is 2. The van der Waals surface area contributed by atoms with E-state index in [2.05, 4.69) is 15.8 Å². The average molecular weight is 480 g/mol. The van der Waals surface area contributed by atoms with Gasteiger partial charge in [0.05, 0.1) is 18.3 Å². The summed E-state index contributed by atoms with van der Waals surface area (Å²) in [6, 6.07) is 25.3. The lowest BCUT2D eigenvalue weighted by Crippen LogP contribution is -2.34. The standard InChI is InChI=1S/C29H25N3O4/c1-19-10-12-22(13-11-19)28(34)30-18-27(33)32-31-17-25-24-9-4-3-7-21(24)14-15-26(25)36-29(35)23-8-5-6-20(2)16-23/h3-17H,18H2,1-2H3,(H,30,34)(H,32,33)/b31-17-. The zero-order chi connectivity index (χ0) is 25.5. The second-order valence-electron chi connectivity index (χ2n) is 8.30. The van der Waals surface area contributed by atoms with Crippen LogP contribution in [0.2, 0.25) is 0 Å². The van der Waals surface area contributed by atoms with Crippen LogP contribution in [0.25, 0.3) is 10.8 Å². The van der Waals surface area contributed by atoms with Gasteiger partial charge in [0.1, 0.15) is 5.75 Å². The minimum atomic E-state index is -0.495. The molecule has 180 valence electrons. The highest BCUT2D eigenvalue weighted by molar-refractivity contribution is 6.04. The molecule has 2 N–H and O–H groups in total. The van der Waals surface area contributed by atoms with E-state index in [9.17, 15) is 14.4 Å². The molecule has 4 rings (SSSR count). The highest BCUT2D eigenvalue weighted by Gasteiger charge is 2.14. The fourth-order valence-corrected chi connectivity index (χ4v) is 3.60.